The van der Waals surface area contributed by atoms with Crippen molar-refractivity contribution in [1.29, 1.82) is 0 Å². The first kappa shape index (κ1) is 26.6. The number of ether oxygens (including phenoxy) is 2. The molecule has 0 aliphatic rings. The van der Waals surface area contributed by atoms with E-state index in [0.29, 0.717) is 0 Å². The van der Waals surface area contributed by atoms with Gasteiger partial charge in [-0.1, -0.05) is 12.1 Å². The van der Waals surface area contributed by atoms with E-state index in [2.05, 4.69) is 46.7 Å². The van der Waals surface area contributed by atoms with Gasteiger partial charge in [0.1, 0.15) is 16.9 Å². The summed E-state index contributed by atoms with van der Waals surface area (Å²) in [5, 5.41) is 6.49. The van der Waals surface area contributed by atoms with Gasteiger partial charge in [-0.3, -0.25) is 4.99 Å². The Hall–Kier alpha value is -1.39. The van der Waals surface area contributed by atoms with E-state index in [0.717, 1.165) is 61.3 Å². The molecular weight excluding hydrogens is 511 g/mol. The summed E-state index contributed by atoms with van der Waals surface area (Å²) < 4.78 is 10.6. The van der Waals surface area contributed by atoms with Crippen molar-refractivity contribution >= 4 is 41.3 Å². The minimum Gasteiger partial charge on any atom is -0.497 e. The zero-order valence-electron chi connectivity index (χ0n) is 18.7. The van der Waals surface area contributed by atoms with Crippen molar-refractivity contribution < 1.29 is 9.47 Å². The molecule has 0 aliphatic heterocycles. The number of benzene rings is 1. The molecule has 0 aliphatic carbocycles. The van der Waals surface area contributed by atoms with Crippen LogP contribution in [0.2, 0.25) is 0 Å². The average Bonchev–Trinajstić information content (AvgIpc) is 3.21. The third-order valence-electron chi connectivity index (χ3n) is 4.66. The van der Waals surface area contributed by atoms with Gasteiger partial charge >= 0.3 is 0 Å². The maximum Gasteiger partial charge on any atom is 0.194 e. The monoisotopic (exact) mass is 546 g/mol. The number of halogens is 1. The third kappa shape index (κ3) is 8.77. The van der Waals surface area contributed by atoms with Crippen molar-refractivity contribution in [2.75, 3.05) is 34.4 Å². The van der Waals surface area contributed by atoms with Crippen molar-refractivity contribution in [3.05, 3.63) is 45.9 Å². The van der Waals surface area contributed by atoms with Gasteiger partial charge in [-0.25, -0.2) is 4.98 Å². The van der Waals surface area contributed by atoms with E-state index in [1.807, 2.05) is 19.1 Å². The van der Waals surface area contributed by atoms with Gasteiger partial charge in [0.25, 0.3) is 0 Å². The summed E-state index contributed by atoms with van der Waals surface area (Å²) in [5.74, 6) is 1.83. The van der Waals surface area contributed by atoms with Gasteiger partial charge in [-0.2, -0.15) is 0 Å². The highest BCUT2D eigenvalue weighted by atomic mass is 127. The van der Waals surface area contributed by atoms with E-state index in [-0.39, 0.29) is 30.1 Å². The largest absolute Gasteiger partial charge is 0.497 e. The fourth-order valence-corrected chi connectivity index (χ4v) is 3.73. The molecule has 1 heterocycles. The molecule has 30 heavy (non-hydrogen) atoms. The molecule has 0 radical (unpaired) electrons. The molecule has 0 bridgehead atoms. The second-order valence-electron chi connectivity index (χ2n) is 6.95. The second kappa shape index (κ2) is 14.6. The van der Waals surface area contributed by atoms with Crippen LogP contribution < -0.4 is 10.1 Å². The number of unbranched alkanes of at least 4 members (excludes halogenated alkanes) is 1. The maximum atomic E-state index is 5.35. The molecule has 0 saturated carbocycles. The highest BCUT2D eigenvalue weighted by molar-refractivity contribution is 14.0. The molecular formula is C22H35IN4O2S. The first-order valence-electron chi connectivity index (χ1n) is 10.2. The van der Waals surface area contributed by atoms with Crippen LogP contribution in [-0.4, -0.2) is 50.2 Å². The van der Waals surface area contributed by atoms with Crippen molar-refractivity contribution in [1.82, 2.24) is 15.2 Å². The summed E-state index contributed by atoms with van der Waals surface area (Å²) >= 11 is 1.64. The summed E-state index contributed by atoms with van der Waals surface area (Å²) in [6.45, 7) is 6.49. The summed E-state index contributed by atoms with van der Waals surface area (Å²) in [5.41, 5.74) is 2.38. The Morgan fingerprint density at radius 1 is 1.23 bits per heavy atom. The maximum absolute atomic E-state index is 5.35. The number of aliphatic imine (C=N–C) groups is 1. The van der Waals surface area contributed by atoms with Crippen LogP contribution >= 0.6 is 35.3 Å². The zero-order chi connectivity index (χ0) is 21.1. The van der Waals surface area contributed by atoms with Crippen LogP contribution in [0.3, 0.4) is 0 Å². The number of hydrogen-bond donors (Lipinski definition) is 1. The Morgan fingerprint density at radius 2 is 1.97 bits per heavy atom. The first-order valence-corrected chi connectivity index (χ1v) is 11.0. The molecule has 8 heteroatoms. The third-order valence-corrected chi connectivity index (χ3v) is 5.72. The number of aromatic nitrogens is 1. The number of nitrogens with zero attached hydrogens (tertiary/aromatic N) is 3. The lowest BCUT2D eigenvalue weighted by Gasteiger charge is -2.21. The predicted molar refractivity (Wildman–Crippen MR) is 136 cm³/mol. The summed E-state index contributed by atoms with van der Waals surface area (Å²) in [7, 11) is 5.46. The molecule has 0 saturated heterocycles. The first-order chi connectivity index (χ1) is 14.1. The molecule has 1 aromatic carbocycles. The lowest BCUT2D eigenvalue weighted by molar-refractivity contribution is 0.119. The fraction of sp³-hybridized carbons (Fsp3) is 0.545. The Balaban J connectivity index is 0.00000450. The Labute approximate surface area is 202 Å². The molecule has 0 fully saturated rings. The summed E-state index contributed by atoms with van der Waals surface area (Å²) in [6, 6.07) is 8.30. The van der Waals surface area contributed by atoms with Crippen LogP contribution in [0.25, 0.3) is 0 Å². The molecule has 6 nitrogen and oxygen atoms in total. The van der Waals surface area contributed by atoms with Gasteiger partial charge in [-0.15, -0.1) is 35.3 Å². The van der Waals surface area contributed by atoms with Gasteiger partial charge in [-0.05, 0) is 50.8 Å². The Morgan fingerprint density at radius 3 is 2.60 bits per heavy atom. The smallest absolute Gasteiger partial charge is 0.194 e. The van der Waals surface area contributed by atoms with Crippen molar-refractivity contribution in [2.45, 2.75) is 45.8 Å². The molecule has 1 unspecified atom stereocenters. The minimum atomic E-state index is 0. The highest BCUT2D eigenvalue weighted by Crippen LogP contribution is 2.21. The number of guanidine groups is 1. The molecule has 1 aromatic heterocycles. The van der Waals surface area contributed by atoms with Gasteiger partial charge in [0, 0.05) is 32.6 Å². The molecule has 168 valence electrons. The number of hydrogen-bond acceptors (Lipinski definition) is 5. The summed E-state index contributed by atoms with van der Waals surface area (Å²) in [6.07, 6.45) is 3.27. The fourth-order valence-electron chi connectivity index (χ4n) is 2.89. The van der Waals surface area contributed by atoms with Crippen LogP contribution in [0.5, 0.6) is 5.75 Å². The number of rotatable bonds is 11. The van der Waals surface area contributed by atoms with Crippen LogP contribution in [0, 0.1) is 0 Å². The Kier molecular flexibility index (Phi) is 13.0. The topological polar surface area (TPSA) is 59.0 Å². The highest BCUT2D eigenvalue weighted by Gasteiger charge is 2.12. The zero-order valence-corrected chi connectivity index (χ0v) is 21.8. The van der Waals surface area contributed by atoms with E-state index < -0.39 is 0 Å². The van der Waals surface area contributed by atoms with E-state index in [1.165, 1.54) is 5.56 Å². The standard InChI is InChI=1S/C22H34N4O2S.HI/c1-6-23-22(26(3)15-19-16-29-21(25-19)17(2)27-4)24-14-8-7-9-18-10-12-20(28-5)13-11-18;/h10-13,16-17H,6-9,14-15H2,1-5H3,(H,23,24);1H. The number of thiazole rings is 1. The van der Waals surface area contributed by atoms with Crippen LogP contribution in [0.1, 0.15) is 49.1 Å². The summed E-state index contributed by atoms with van der Waals surface area (Å²) in [4.78, 5) is 11.6. The van der Waals surface area contributed by atoms with Crippen molar-refractivity contribution in [2.24, 2.45) is 4.99 Å². The van der Waals surface area contributed by atoms with E-state index in [4.69, 9.17) is 14.5 Å². The van der Waals surface area contributed by atoms with Gasteiger partial charge in [0.05, 0.1) is 19.3 Å². The number of aryl methyl sites for hydroxylation is 1. The van der Waals surface area contributed by atoms with Crippen LogP contribution in [0.4, 0.5) is 0 Å². The van der Waals surface area contributed by atoms with Crippen molar-refractivity contribution in [3.8, 4) is 5.75 Å². The minimum absolute atomic E-state index is 0. The van der Waals surface area contributed by atoms with E-state index >= 15 is 0 Å². The number of nitrogens with one attached hydrogen (secondary N) is 1. The Bertz CT molecular complexity index is 752. The second-order valence-corrected chi connectivity index (χ2v) is 7.84. The molecule has 2 rings (SSSR count). The molecule has 0 amide bonds. The SMILES string of the molecule is CCNC(=NCCCCc1ccc(OC)cc1)N(C)Cc1csc(C(C)OC)n1.I. The normalized spacial score (nSPS) is 12.2. The lowest BCUT2D eigenvalue weighted by atomic mass is 10.1. The molecule has 0 spiro atoms. The van der Waals surface area contributed by atoms with Gasteiger partial charge in [0.2, 0.25) is 0 Å². The molecule has 2 aromatic rings. The molecule has 1 N–H and O–H groups in total. The van der Waals surface area contributed by atoms with Gasteiger partial charge in [0.15, 0.2) is 5.96 Å². The number of methoxy groups -OCH3 is 2. The van der Waals surface area contributed by atoms with E-state index in [9.17, 15) is 0 Å². The average molecular weight is 547 g/mol. The van der Waals surface area contributed by atoms with Crippen LogP contribution in [0.15, 0.2) is 34.6 Å². The predicted octanol–water partition coefficient (Wildman–Crippen LogP) is 4.90. The van der Waals surface area contributed by atoms with E-state index in [1.54, 1.807) is 25.6 Å². The lowest BCUT2D eigenvalue weighted by Crippen LogP contribution is -2.38. The molecule has 1 atom stereocenters. The van der Waals surface area contributed by atoms with Crippen molar-refractivity contribution in [3.63, 3.8) is 0 Å². The van der Waals surface area contributed by atoms with Crippen LogP contribution in [-0.2, 0) is 17.7 Å². The van der Waals surface area contributed by atoms with Gasteiger partial charge < -0.3 is 19.7 Å². The quantitative estimate of drug-likeness (QED) is 0.188.